The summed E-state index contributed by atoms with van der Waals surface area (Å²) in [6.07, 6.45) is 3.83. The molecule has 0 spiro atoms. The summed E-state index contributed by atoms with van der Waals surface area (Å²) < 4.78 is 5.46. The van der Waals surface area contributed by atoms with Crippen LogP contribution in [0.2, 0.25) is 0 Å². The molecule has 0 unspecified atom stereocenters. The molecule has 0 heterocycles. The summed E-state index contributed by atoms with van der Waals surface area (Å²) in [7, 11) is 0. The molecule has 1 amide bonds. The van der Waals surface area contributed by atoms with Gasteiger partial charge in [-0.25, -0.2) is 0 Å². The number of nitrogens with two attached hydrogens (primary N) is 1. The Balaban J connectivity index is 0.00000242. The van der Waals surface area contributed by atoms with Gasteiger partial charge in [-0.1, -0.05) is 30.7 Å². The fourth-order valence-electron chi connectivity index (χ4n) is 2.91. The fourth-order valence-corrected chi connectivity index (χ4v) is 2.91. The molecule has 1 saturated carbocycles. The second kappa shape index (κ2) is 9.82. The zero-order chi connectivity index (χ0) is 15.1. The number of hydrogen-bond donors (Lipinski definition) is 2. The van der Waals surface area contributed by atoms with Crippen LogP contribution in [0.4, 0.5) is 0 Å². The molecule has 1 fully saturated rings. The van der Waals surface area contributed by atoms with Crippen LogP contribution in [0.1, 0.15) is 43.7 Å². The zero-order valence-electron chi connectivity index (χ0n) is 13.2. The van der Waals surface area contributed by atoms with Crippen molar-refractivity contribution in [3.8, 4) is 0 Å². The Kier molecular flexibility index (Phi) is 8.46. The van der Waals surface area contributed by atoms with Crippen LogP contribution >= 0.6 is 12.4 Å². The average molecular weight is 327 g/mol. The lowest BCUT2D eigenvalue weighted by Gasteiger charge is -2.15. The van der Waals surface area contributed by atoms with E-state index >= 15 is 0 Å². The number of rotatable bonds is 7. The van der Waals surface area contributed by atoms with E-state index in [-0.39, 0.29) is 24.4 Å². The van der Waals surface area contributed by atoms with Gasteiger partial charge in [0.25, 0.3) is 0 Å². The van der Waals surface area contributed by atoms with Gasteiger partial charge in [-0.05, 0) is 36.8 Å². The first kappa shape index (κ1) is 18.9. The summed E-state index contributed by atoms with van der Waals surface area (Å²) in [5.74, 6) is 0.451. The molecule has 1 aliphatic carbocycles. The Labute approximate surface area is 139 Å². The van der Waals surface area contributed by atoms with Gasteiger partial charge < -0.3 is 15.8 Å². The maximum atomic E-state index is 12.0. The first-order valence-corrected chi connectivity index (χ1v) is 7.87. The van der Waals surface area contributed by atoms with Crippen LogP contribution in [0.15, 0.2) is 24.3 Å². The molecule has 0 bridgehead atoms. The molecule has 1 aliphatic rings. The quantitative estimate of drug-likeness (QED) is 0.809. The van der Waals surface area contributed by atoms with Crippen molar-refractivity contribution in [2.45, 2.75) is 51.8 Å². The van der Waals surface area contributed by atoms with Gasteiger partial charge in [0, 0.05) is 25.6 Å². The Hall–Kier alpha value is -1.10. The Bertz CT molecular complexity index is 468. The Morgan fingerprint density at radius 2 is 2.05 bits per heavy atom. The summed E-state index contributed by atoms with van der Waals surface area (Å²) >= 11 is 0. The van der Waals surface area contributed by atoms with Crippen molar-refractivity contribution in [1.29, 1.82) is 0 Å². The third kappa shape index (κ3) is 5.59. The van der Waals surface area contributed by atoms with Crippen LogP contribution in [0.5, 0.6) is 0 Å². The van der Waals surface area contributed by atoms with E-state index in [0.717, 1.165) is 30.4 Å². The number of ether oxygens (including phenoxy) is 1. The van der Waals surface area contributed by atoms with Crippen molar-refractivity contribution in [1.82, 2.24) is 5.32 Å². The van der Waals surface area contributed by atoms with Gasteiger partial charge in [-0.15, -0.1) is 12.4 Å². The normalized spacial score (nSPS) is 20.5. The monoisotopic (exact) mass is 326 g/mol. The molecule has 0 aliphatic heterocycles. The smallest absolute Gasteiger partial charge is 0.220 e. The van der Waals surface area contributed by atoms with Crippen LogP contribution in [0.25, 0.3) is 0 Å². The Morgan fingerprint density at radius 3 is 2.68 bits per heavy atom. The molecule has 1 aromatic carbocycles. The number of amides is 1. The minimum atomic E-state index is 0. The van der Waals surface area contributed by atoms with E-state index in [9.17, 15) is 4.79 Å². The van der Waals surface area contributed by atoms with Crippen LogP contribution in [0.3, 0.4) is 0 Å². The van der Waals surface area contributed by atoms with Crippen LogP contribution < -0.4 is 11.1 Å². The molecule has 22 heavy (non-hydrogen) atoms. The average Bonchev–Trinajstić information content (AvgIpc) is 2.89. The van der Waals surface area contributed by atoms with Crippen LogP contribution in [-0.2, 0) is 22.7 Å². The van der Waals surface area contributed by atoms with Gasteiger partial charge in [0.2, 0.25) is 5.91 Å². The van der Waals surface area contributed by atoms with E-state index in [1.807, 2.05) is 31.2 Å². The van der Waals surface area contributed by atoms with Crippen molar-refractivity contribution in [3.63, 3.8) is 0 Å². The number of nitrogens with one attached hydrogen (secondary N) is 1. The number of carbonyl (C=O) groups excluding carboxylic acids is 1. The predicted octanol–water partition coefficient (Wildman–Crippen LogP) is 2.78. The molecular weight excluding hydrogens is 300 g/mol. The van der Waals surface area contributed by atoms with E-state index in [0.29, 0.717) is 32.1 Å². The summed E-state index contributed by atoms with van der Waals surface area (Å²) in [5, 5.41) is 3.01. The third-order valence-electron chi connectivity index (χ3n) is 4.22. The largest absolute Gasteiger partial charge is 0.377 e. The van der Waals surface area contributed by atoms with Crippen molar-refractivity contribution in [2.75, 3.05) is 6.61 Å². The number of halogens is 1. The minimum Gasteiger partial charge on any atom is -0.377 e. The molecule has 1 aromatic rings. The van der Waals surface area contributed by atoms with Crippen LogP contribution in [0, 0.1) is 5.92 Å². The summed E-state index contributed by atoms with van der Waals surface area (Å²) in [4.78, 5) is 12.0. The van der Waals surface area contributed by atoms with Gasteiger partial charge in [-0.2, -0.15) is 0 Å². The molecule has 0 radical (unpaired) electrons. The molecule has 2 atom stereocenters. The van der Waals surface area contributed by atoms with E-state index in [2.05, 4.69) is 5.32 Å². The standard InChI is InChI=1S/C17H26N2O2.ClH/c1-2-21-12-15-7-4-3-6-14(15)11-19-17(20)10-13-8-5-9-16(13)18;/h3-4,6-7,13,16H,2,5,8-12,18H2,1H3,(H,19,20);1H/t13-,16+;/m0./s1. The highest BCUT2D eigenvalue weighted by Crippen LogP contribution is 2.26. The predicted molar refractivity (Wildman–Crippen MR) is 90.8 cm³/mol. The lowest BCUT2D eigenvalue weighted by molar-refractivity contribution is -0.122. The minimum absolute atomic E-state index is 0. The molecule has 4 nitrogen and oxygen atoms in total. The van der Waals surface area contributed by atoms with Crippen molar-refractivity contribution in [2.24, 2.45) is 11.7 Å². The maximum absolute atomic E-state index is 12.0. The van der Waals surface area contributed by atoms with Crippen molar-refractivity contribution in [3.05, 3.63) is 35.4 Å². The zero-order valence-corrected chi connectivity index (χ0v) is 14.0. The van der Waals surface area contributed by atoms with Gasteiger partial charge in [0.05, 0.1) is 6.61 Å². The molecule has 2 rings (SSSR count). The SMILES string of the molecule is CCOCc1ccccc1CNC(=O)C[C@@H]1CCC[C@H]1N.Cl. The first-order valence-electron chi connectivity index (χ1n) is 7.87. The summed E-state index contributed by atoms with van der Waals surface area (Å²) in [6.45, 7) is 3.83. The topological polar surface area (TPSA) is 64.3 Å². The molecule has 0 saturated heterocycles. The third-order valence-corrected chi connectivity index (χ3v) is 4.22. The lowest BCUT2D eigenvalue weighted by atomic mass is 10.00. The highest BCUT2D eigenvalue weighted by atomic mass is 35.5. The summed E-state index contributed by atoms with van der Waals surface area (Å²) in [5.41, 5.74) is 8.27. The first-order chi connectivity index (χ1) is 10.2. The highest BCUT2D eigenvalue weighted by molar-refractivity contribution is 5.85. The van der Waals surface area contributed by atoms with Gasteiger partial charge in [-0.3, -0.25) is 4.79 Å². The van der Waals surface area contributed by atoms with Crippen molar-refractivity contribution >= 4 is 18.3 Å². The molecule has 5 heteroatoms. The molecule has 0 aromatic heterocycles. The van der Waals surface area contributed by atoms with Gasteiger partial charge in [0.15, 0.2) is 0 Å². The number of benzene rings is 1. The highest BCUT2D eigenvalue weighted by Gasteiger charge is 2.25. The van der Waals surface area contributed by atoms with Crippen LogP contribution in [-0.4, -0.2) is 18.6 Å². The molecule has 124 valence electrons. The van der Waals surface area contributed by atoms with E-state index < -0.39 is 0 Å². The lowest BCUT2D eigenvalue weighted by Crippen LogP contribution is -2.31. The van der Waals surface area contributed by atoms with E-state index in [4.69, 9.17) is 10.5 Å². The van der Waals surface area contributed by atoms with Gasteiger partial charge >= 0.3 is 0 Å². The summed E-state index contributed by atoms with van der Waals surface area (Å²) in [6, 6.07) is 8.27. The van der Waals surface area contributed by atoms with Gasteiger partial charge in [0.1, 0.15) is 0 Å². The Morgan fingerprint density at radius 1 is 1.32 bits per heavy atom. The maximum Gasteiger partial charge on any atom is 0.220 e. The second-order valence-corrected chi connectivity index (χ2v) is 5.74. The molecular formula is C17H27ClN2O2. The second-order valence-electron chi connectivity index (χ2n) is 5.74. The van der Waals surface area contributed by atoms with Crippen molar-refractivity contribution < 1.29 is 9.53 Å². The molecule has 3 N–H and O–H groups in total. The van der Waals surface area contributed by atoms with E-state index in [1.54, 1.807) is 0 Å². The number of hydrogen-bond acceptors (Lipinski definition) is 3. The number of carbonyl (C=O) groups is 1. The van der Waals surface area contributed by atoms with E-state index in [1.165, 1.54) is 0 Å². The fraction of sp³-hybridized carbons (Fsp3) is 0.588.